The molecule has 22 heavy (non-hydrogen) atoms. The largest absolute Gasteiger partial charge is 0.343 e. The van der Waals surface area contributed by atoms with E-state index in [9.17, 15) is 4.79 Å². The first-order chi connectivity index (χ1) is 10.7. The highest BCUT2D eigenvalue weighted by Gasteiger charge is 2.22. The molecule has 1 fully saturated rings. The van der Waals surface area contributed by atoms with Crippen LogP contribution in [0, 0.1) is 5.92 Å². The average Bonchev–Trinajstić information content (AvgIpc) is 2.56. The van der Waals surface area contributed by atoms with Crippen LogP contribution in [0.5, 0.6) is 0 Å². The molecule has 0 radical (unpaired) electrons. The Morgan fingerprint density at radius 1 is 1.32 bits per heavy atom. The first-order valence-corrected chi connectivity index (χ1v) is 7.71. The van der Waals surface area contributed by atoms with Gasteiger partial charge in [-0.3, -0.25) is 9.78 Å². The van der Waals surface area contributed by atoms with E-state index in [1.54, 1.807) is 19.3 Å². The predicted octanol–water partition coefficient (Wildman–Crippen LogP) is 2.34. The van der Waals surface area contributed by atoms with Crippen molar-refractivity contribution < 1.29 is 4.79 Å². The van der Waals surface area contributed by atoms with Gasteiger partial charge in [0.15, 0.2) is 0 Å². The zero-order valence-corrected chi connectivity index (χ0v) is 12.8. The van der Waals surface area contributed by atoms with Crippen LogP contribution in [0.1, 0.15) is 25.5 Å². The van der Waals surface area contributed by atoms with Gasteiger partial charge in [-0.25, -0.2) is 0 Å². The number of carbonyl (C=O) groups is 1. The van der Waals surface area contributed by atoms with Gasteiger partial charge in [-0.2, -0.15) is 10.2 Å². The summed E-state index contributed by atoms with van der Waals surface area (Å²) in [4.78, 5) is 17.5. The monoisotopic (exact) mass is 296 g/mol. The zero-order valence-electron chi connectivity index (χ0n) is 12.8. The molecular weight excluding hydrogens is 276 g/mol. The molecule has 0 N–H and O–H groups in total. The molecule has 2 aromatic heterocycles. The van der Waals surface area contributed by atoms with Crippen molar-refractivity contribution in [2.24, 2.45) is 5.92 Å². The van der Waals surface area contributed by atoms with E-state index in [0.717, 1.165) is 49.3 Å². The van der Waals surface area contributed by atoms with Crippen LogP contribution in [-0.2, 0) is 11.2 Å². The van der Waals surface area contributed by atoms with Crippen LogP contribution in [0.4, 0.5) is 0 Å². The van der Waals surface area contributed by atoms with Gasteiger partial charge in [0.2, 0.25) is 5.91 Å². The SMILES string of the molecule is CC(=O)N1CCC[C@@H](Cc2ccc(-c3cccnc3)nn2)C1. The highest BCUT2D eigenvalue weighted by molar-refractivity contribution is 5.73. The second-order valence-electron chi connectivity index (χ2n) is 5.83. The molecule has 114 valence electrons. The second-order valence-corrected chi connectivity index (χ2v) is 5.83. The Balaban J connectivity index is 1.65. The third-order valence-corrected chi connectivity index (χ3v) is 4.14. The zero-order chi connectivity index (χ0) is 15.4. The van der Waals surface area contributed by atoms with Crippen molar-refractivity contribution >= 4 is 5.91 Å². The van der Waals surface area contributed by atoms with Gasteiger partial charge >= 0.3 is 0 Å². The lowest BCUT2D eigenvalue weighted by atomic mass is 9.93. The van der Waals surface area contributed by atoms with E-state index in [2.05, 4.69) is 15.2 Å². The summed E-state index contributed by atoms with van der Waals surface area (Å²) in [6.07, 6.45) is 6.63. The van der Waals surface area contributed by atoms with Gasteiger partial charge in [0.1, 0.15) is 0 Å². The smallest absolute Gasteiger partial charge is 0.219 e. The van der Waals surface area contributed by atoms with Crippen molar-refractivity contribution in [3.63, 3.8) is 0 Å². The number of nitrogens with zero attached hydrogens (tertiary/aromatic N) is 4. The molecule has 5 heteroatoms. The average molecular weight is 296 g/mol. The Hall–Kier alpha value is -2.30. The number of rotatable bonds is 3. The number of pyridine rings is 1. The Bertz CT molecular complexity index is 627. The van der Waals surface area contributed by atoms with E-state index in [0.29, 0.717) is 5.92 Å². The summed E-state index contributed by atoms with van der Waals surface area (Å²) in [5, 5.41) is 8.64. The lowest BCUT2D eigenvalue weighted by Crippen LogP contribution is -2.39. The van der Waals surface area contributed by atoms with E-state index < -0.39 is 0 Å². The van der Waals surface area contributed by atoms with Crippen molar-refractivity contribution in [1.29, 1.82) is 0 Å². The number of carbonyl (C=O) groups excluding carboxylic acids is 1. The molecule has 0 saturated carbocycles. The third kappa shape index (κ3) is 3.47. The Morgan fingerprint density at radius 3 is 2.91 bits per heavy atom. The van der Waals surface area contributed by atoms with Crippen molar-refractivity contribution in [3.8, 4) is 11.3 Å². The molecule has 1 atom stereocenters. The van der Waals surface area contributed by atoms with Crippen LogP contribution in [-0.4, -0.2) is 39.1 Å². The molecule has 3 rings (SSSR count). The second kappa shape index (κ2) is 6.64. The maximum Gasteiger partial charge on any atom is 0.219 e. The van der Waals surface area contributed by atoms with E-state index in [-0.39, 0.29) is 5.91 Å². The van der Waals surface area contributed by atoms with Crippen LogP contribution in [0.2, 0.25) is 0 Å². The number of hydrogen-bond acceptors (Lipinski definition) is 4. The number of aromatic nitrogens is 3. The van der Waals surface area contributed by atoms with Gasteiger partial charge in [-0.15, -0.1) is 0 Å². The molecule has 0 bridgehead atoms. The van der Waals surface area contributed by atoms with E-state index in [4.69, 9.17) is 0 Å². The van der Waals surface area contributed by atoms with Gasteiger partial charge in [0, 0.05) is 38.0 Å². The van der Waals surface area contributed by atoms with Crippen LogP contribution in [0.25, 0.3) is 11.3 Å². The summed E-state index contributed by atoms with van der Waals surface area (Å²) in [5.74, 6) is 0.652. The normalized spacial score (nSPS) is 18.2. The minimum atomic E-state index is 0.169. The molecule has 0 aliphatic carbocycles. The number of piperidine rings is 1. The molecule has 1 aliphatic heterocycles. The molecule has 2 aromatic rings. The van der Waals surface area contributed by atoms with E-state index in [1.165, 1.54) is 0 Å². The van der Waals surface area contributed by atoms with Gasteiger partial charge in [-0.1, -0.05) is 0 Å². The molecule has 1 saturated heterocycles. The summed E-state index contributed by atoms with van der Waals surface area (Å²) in [6, 6.07) is 7.89. The minimum absolute atomic E-state index is 0.169. The van der Waals surface area contributed by atoms with E-state index >= 15 is 0 Å². The lowest BCUT2D eigenvalue weighted by molar-refractivity contribution is -0.130. The Morgan fingerprint density at radius 2 is 2.23 bits per heavy atom. The van der Waals surface area contributed by atoms with E-state index in [1.807, 2.05) is 29.2 Å². The van der Waals surface area contributed by atoms with Crippen LogP contribution in [0.3, 0.4) is 0 Å². The molecule has 0 spiro atoms. The third-order valence-electron chi connectivity index (χ3n) is 4.14. The maximum absolute atomic E-state index is 11.5. The molecule has 3 heterocycles. The summed E-state index contributed by atoms with van der Waals surface area (Å²) in [5.41, 5.74) is 2.80. The van der Waals surface area contributed by atoms with Crippen LogP contribution in [0.15, 0.2) is 36.7 Å². The summed E-state index contributed by atoms with van der Waals surface area (Å²) >= 11 is 0. The standard InChI is InChI=1S/C17H20N4O/c1-13(22)21-9-3-4-14(12-21)10-16-6-7-17(20-19-16)15-5-2-8-18-11-15/h2,5-8,11,14H,3-4,9-10,12H2,1H3/t14-/m0/s1. The predicted molar refractivity (Wildman–Crippen MR) is 83.9 cm³/mol. The van der Waals surface area contributed by atoms with Crippen LogP contribution >= 0.6 is 0 Å². The maximum atomic E-state index is 11.5. The Kier molecular flexibility index (Phi) is 4.42. The molecule has 0 unspecified atom stereocenters. The molecule has 0 aromatic carbocycles. The first kappa shape index (κ1) is 14.6. The fourth-order valence-corrected chi connectivity index (χ4v) is 2.95. The molecular formula is C17H20N4O. The van der Waals surface area contributed by atoms with Crippen molar-refractivity contribution in [2.75, 3.05) is 13.1 Å². The molecule has 1 amide bonds. The number of hydrogen-bond donors (Lipinski definition) is 0. The quantitative estimate of drug-likeness (QED) is 0.872. The number of amides is 1. The summed E-state index contributed by atoms with van der Waals surface area (Å²) in [7, 11) is 0. The van der Waals surface area contributed by atoms with Gasteiger partial charge < -0.3 is 4.90 Å². The summed E-state index contributed by atoms with van der Waals surface area (Å²) < 4.78 is 0. The molecule has 5 nitrogen and oxygen atoms in total. The minimum Gasteiger partial charge on any atom is -0.343 e. The van der Waals surface area contributed by atoms with Crippen molar-refractivity contribution in [3.05, 3.63) is 42.4 Å². The topological polar surface area (TPSA) is 59.0 Å². The fraction of sp³-hybridized carbons (Fsp3) is 0.412. The van der Waals surface area contributed by atoms with Crippen LogP contribution < -0.4 is 0 Å². The fourth-order valence-electron chi connectivity index (χ4n) is 2.95. The van der Waals surface area contributed by atoms with Gasteiger partial charge in [0.25, 0.3) is 0 Å². The summed E-state index contributed by atoms with van der Waals surface area (Å²) in [6.45, 7) is 3.36. The lowest BCUT2D eigenvalue weighted by Gasteiger charge is -2.31. The molecule has 1 aliphatic rings. The highest BCUT2D eigenvalue weighted by Crippen LogP contribution is 2.21. The first-order valence-electron chi connectivity index (χ1n) is 7.71. The van der Waals surface area contributed by atoms with Gasteiger partial charge in [-0.05, 0) is 49.4 Å². The van der Waals surface area contributed by atoms with Gasteiger partial charge in [0.05, 0.1) is 11.4 Å². The Labute approximate surface area is 130 Å². The highest BCUT2D eigenvalue weighted by atomic mass is 16.2. The number of likely N-dealkylation sites (tertiary alicyclic amines) is 1. The van der Waals surface area contributed by atoms with Crippen molar-refractivity contribution in [1.82, 2.24) is 20.1 Å². The van der Waals surface area contributed by atoms with Crippen molar-refractivity contribution in [2.45, 2.75) is 26.2 Å².